The topological polar surface area (TPSA) is 71.6 Å². The van der Waals surface area contributed by atoms with Gasteiger partial charge in [0.1, 0.15) is 0 Å². The summed E-state index contributed by atoms with van der Waals surface area (Å²) in [6, 6.07) is 3.57. The Morgan fingerprint density at radius 3 is 2.94 bits per heavy atom. The van der Waals surface area contributed by atoms with E-state index in [1.165, 1.54) is 5.01 Å². The van der Waals surface area contributed by atoms with Crippen molar-refractivity contribution in [3.05, 3.63) is 22.8 Å². The maximum absolute atomic E-state index is 11.7. The summed E-state index contributed by atoms with van der Waals surface area (Å²) in [5, 5.41) is 5.53. The SMILES string of the molecule is NCCC1=NN(c2ccc(Br)cn2)C(=O)C1. The number of rotatable bonds is 3. The highest BCUT2D eigenvalue weighted by Gasteiger charge is 2.25. The van der Waals surface area contributed by atoms with Gasteiger partial charge in [-0.1, -0.05) is 0 Å². The van der Waals surface area contributed by atoms with Crippen LogP contribution >= 0.6 is 15.9 Å². The number of aromatic nitrogens is 1. The molecule has 0 saturated heterocycles. The molecule has 5 nitrogen and oxygen atoms in total. The van der Waals surface area contributed by atoms with Gasteiger partial charge >= 0.3 is 0 Å². The summed E-state index contributed by atoms with van der Waals surface area (Å²) >= 11 is 3.29. The molecule has 0 radical (unpaired) electrons. The lowest BCUT2D eigenvalue weighted by molar-refractivity contribution is -0.116. The van der Waals surface area contributed by atoms with Crippen LogP contribution in [0.15, 0.2) is 27.9 Å². The van der Waals surface area contributed by atoms with Gasteiger partial charge in [-0.05, 0) is 34.6 Å². The van der Waals surface area contributed by atoms with Crippen LogP contribution in [0, 0.1) is 0 Å². The summed E-state index contributed by atoms with van der Waals surface area (Å²) < 4.78 is 0.869. The molecule has 1 aromatic rings. The van der Waals surface area contributed by atoms with E-state index in [2.05, 4.69) is 26.0 Å². The first-order valence-electron chi connectivity index (χ1n) is 4.91. The van der Waals surface area contributed by atoms with Crippen LogP contribution in [0.5, 0.6) is 0 Å². The first-order valence-corrected chi connectivity index (χ1v) is 5.71. The van der Waals surface area contributed by atoms with Gasteiger partial charge in [-0.25, -0.2) is 4.98 Å². The number of hydrogen-bond acceptors (Lipinski definition) is 4. The Balaban J connectivity index is 2.21. The first kappa shape index (κ1) is 11.2. The normalized spacial score (nSPS) is 15.5. The summed E-state index contributed by atoms with van der Waals surface area (Å²) in [7, 11) is 0. The Kier molecular flexibility index (Phi) is 3.31. The van der Waals surface area contributed by atoms with E-state index in [1.54, 1.807) is 12.3 Å². The molecule has 1 aliphatic heterocycles. The number of pyridine rings is 1. The van der Waals surface area contributed by atoms with E-state index in [4.69, 9.17) is 5.73 Å². The zero-order valence-corrected chi connectivity index (χ0v) is 10.1. The van der Waals surface area contributed by atoms with Crippen molar-refractivity contribution in [3.63, 3.8) is 0 Å². The van der Waals surface area contributed by atoms with Crippen molar-refractivity contribution < 1.29 is 4.79 Å². The van der Waals surface area contributed by atoms with Crippen molar-refractivity contribution >= 4 is 33.4 Å². The number of nitrogens with zero attached hydrogens (tertiary/aromatic N) is 3. The second kappa shape index (κ2) is 4.71. The Labute approximate surface area is 101 Å². The summed E-state index contributed by atoms with van der Waals surface area (Å²) in [5.74, 6) is 0.485. The van der Waals surface area contributed by atoms with Crippen LogP contribution in [0.2, 0.25) is 0 Å². The standard InChI is InChI=1S/C10H11BrN4O/c11-7-1-2-9(13-6-7)15-10(16)5-8(14-15)3-4-12/h1-2,6H,3-5,12H2. The zero-order valence-electron chi connectivity index (χ0n) is 8.56. The fourth-order valence-corrected chi connectivity index (χ4v) is 1.69. The molecule has 84 valence electrons. The van der Waals surface area contributed by atoms with Gasteiger partial charge in [0, 0.05) is 22.8 Å². The average molecular weight is 283 g/mol. The fourth-order valence-electron chi connectivity index (χ4n) is 1.46. The monoisotopic (exact) mass is 282 g/mol. The van der Waals surface area contributed by atoms with Gasteiger partial charge < -0.3 is 5.73 Å². The molecule has 0 atom stereocenters. The quantitative estimate of drug-likeness (QED) is 0.908. The highest BCUT2D eigenvalue weighted by atomic mass is 79.9. The van der Waals surface area contributed by atoms with E-state index >= 15 is 0 Å². The molecule has 2 heterocycles. The molecule has 1 aliphatic rings. The van der Waals surface area contributed by atoms with Gasteiger partial charge in [-0.2, -0.15) is 10.1 Å². The van der Waals surface area contributed by atoms with Crippen molar-refractivity contribution in [2.24, 2.45) is 10.8 Å². The second-order valence-corrected chi connectivity index (χ2v) is 4.34. The van der Waals surface area contributed by atoms with Crippen molar-refractivity contribution in [2.45, 2.75) is 12.8 Å². The Morgan fingerprint density at radius 1 is 1.50 bits per heavy atom. The fraction of sp³-hybridized carbons (Fsp3) is 0.300. The molecule has 0 unspecified atom stereocenters. The van der Waals surface area contributed by atoms with E-state index in [0.29, 0.717) is 25.2 Å². The molecule has 0 aromatic carbocycles. The number of hydrazone groups is 1. The van der Waals surface area contributed by atoms with E-state index in [0.717, 1.165) is 10.2 Å². The highest BCUT2D eigenvalue weighted by Crippen LogP contribution is 2.20. The molecule has 0 bridgehead atoms. The van der Waals surface area contributed by atoms with E-state index in [9.17, 15) is 4.79 Å². The first-order chi connectivity index (χ1) is 7.70. The summed E-state index contributed by atoms with van der Waals surface area (Å²) in [4.78, 5) is 15.8. The molecule has 0 fully saturated rings. The second-order valence-electron chi connectivity index (χ2n) is 3.42. The predicted octanol–water partition coefficient (Wildman–Crippen LogP) is 1.29. The summed E-state index contributed by atoms with van der Waals surface area (Å²) in [6.45, 7) is 0.508. The van der Waals surface area contributed by atoms with Crippen LogP contribution in [-0.2, 0) is 4.79 Å². The third kappa shape index (κ3) is 2.28. The van der Waals surface area contributed by atoms with Crippen LogP contribution in [0.3, 0.4) is 0 Å². The number of carbonyl (C=O) groups excluding carboxylic acids is 1. The van der Waals surface area contributed by atoms with Crippen LogP contribution in [0.1, 0.15) is 12.8 Å². The van der Waals surface area contributed by atoms with Gasteiger partial charge in [0.15, 0.2) is 5.82 Å². The molecule has 1 aromatic heterocycles. The molecule has 0 aliphatic carbocycles. The minimum atomic E-state index is -0.0572. The van der Waals surface area contributed by atoms with Gasteiger partial charge in [0.2, 0.25) is 0 Å². The maximum Gasteiger partial charge on any atom is 0.254 e. The third-order valence-electron chi connectivity index (χ3n) is 2.19. The molecule has 0 spiro atoms. The zero-order chi connectivity index (χ0) is 11.5. The highest BCUT2D eigenvalue weighted by molar-refractivity contribution is 9.10. The molecule has 6 heteroatoms. The molecule has 2 rings (SSSR count). The van der Waals surface area contributed by atoms with Crippen LogP contribution in [0.4, 0.5) is 5.82 Å². The van der Waals surface area contributed by atoms with Gasteiger partial charge in [-0.15, -0.1) is 0 Å². The molecule has 0 saturated carbocycles. The smallest absolute Gasteiger partial charge is 0.254 e. The molecule has 1 amide bonds. The number of amides is 1. The van der Waals surface area contributed by atoms with Crippen LogP contribution in [0.25, 0.3) is 0 Å². The number of nitrogens with two attached hydrogens (primary N) is 1. The Bertz CT molecular complexity index is 429. The van der Waals surface area contributed by atoms with Crippen molar-refractivity contribution in [3.8, 4) is 0 Å². The number of anilines is 1. The number of halogens is 1. The maximum atomic E-state index is 11.7. The van der Waals surface area contributed by atoms with Crippen molar-refractivity contribution in [1.82, 2.24) is 4.98 Å². The predicted molar refractivity (Wildman–Crippen MR) is 65.1 cm³/mol. The van der Waals surface area contributed by atoms with Gasteiger partial charge in [-0.3, -0.25) is 4.79 Å². The van der Waals surface area contributed by atoms with E-state index in [-0.39, 0.29) is 5.91 Å². The molecule has 2 N–H and O–H groups in total. The number of carbonyl (C=O) groups is 1. The van der Waals surface area contributed by atoms with E-state index in [1.807, 2.05) is 6.07 Å². The average Bonchev–Trinajstić information content (AvgIpc) is 2.61. The van der Waals surface area contributed by atoms with E-state index < -0.39 is 0 Å². The summed E-state index contributed by atoms with van der Waals surface area (Å²) in [5.41, 5.74) is 6.24. The third-order valence-corrected chi connectivity index (χ3v) is 2.66. The minimum absolute atomic E-state index is 0.0572. The van der Waals surface area contributed by atoms with Gasteiger partial charge in [0.25, 0.3) is 5.91 Å². The Hall–Kier alpha value is -1.27. The molecular weight excluding hydrogens is 272 g/mol. The van der Waals surface area contributed by atoms with Crippen molar-refractivity contribution in [1.29, 1.82) is 0 Å². The minimum Gasteiger partial charge on any atom is -0.330 e. The lowest BCUT2D eigenvalue weighted by atomic mass is 10.2. The van der Waals surface area contributed by atoms with Crippen LogP contribution < -0.4 is 10.7 Å². The van der Waals surface area contributed by atoms with Crippen LogP contribution in [-0.4, -0.2) is 23.1 Å². The molecule has 16 heavy (non-hydrogen) atoms. The largest absolute Gasteiger partial charge is 0.330 e. The number of hydrogen-bond donors (Lipinski definition) is 1. The van der Waals surface area contributed by atoms with Gasteiger partial charge in [0.05, 0.1) is 6.42 Å². The molecular formula is C10H11BrN4O. The summed E-state index contributed by atoms with van der Waals surface area (Å²) in [6.07, 6.45) is 2.63. The van der Waals surface area contributed by atoms with Crippen molar-refractivity contribution in [2.75, 3.05) is 11.6 Å². The lowest BCUT2D eigenvalue weighted by Gasteiger charge is -2.09. The lowest BCUT2D eigenvalue weighted by Crippen LogP contribution is -2.20. The Morgan fingerprint density at radius 2 is 2.31 bits per heavy atom.